The lowest BCUT2D eigenvalue weighted by molar-refractivity contribution is -0.133. The van der Waals surface area contributed by atoms with E-state index in [4.69, 9.17) is 16.3 Å². The van der Waals surface area contributed by atoms with Crippen molar-refractivity contribution >= 4 is 17.5 Å². The van der Waals surface area contributed by atoms with Crippen LogP contribution in [0.5, 0.6) is 5.75 Å². The molecule has 1 aromatic rings. The molecule has 2 rings (SSSR count). The molecule has 0 radical (unpaired) electrons. The van der Waals surface area contributed by atoms with Crippen LogP contribution in [0, 0.1) is 0 Å². The van der Waals surface area contributed by atoms with E-state index >= 15 is 0 Å². The minimum atomic E-state index is -0.0646. The summed E-state index contributed by atoms with van der Waals surface area (Å²) in [5.41, 5.74) is 0.788. The number of carbonyl (C=O) groups excluding carboxylic acids is 1. The normalized spacial score (nSPS) is 19.2. The first kappa shape index (κ1) is 16.1. The number of carbonyl (C=O) groups is 1. The number of nitrogens with zero attached hydrogens (tertiary/aromatic N) is 1. The number of hydrogen-bond acceptors (Lipinski definition) is 3. The van der Waals surface area contributed by atoms with Crippen LogP contribution in [0.2, 0.25) is 5.02 Å². The first-order valence-corrected chi connectivity index (χ1v) is 7.76. The van der Waals surface area contributed by atoms with Crippen molar-refractivity contribution in [2.24, 2.45) is 0 Å². The van der Waals surface area contributed by atoms with Crippen molar-refractivity contribution in [3.63, 3.8) is 0 Å². The lowest BCUT2D eigenvalue weighted by Gasteiger charge is -2.29. The summed E-state index contributed by atoms with van der Waals surface area (Å²) in [5.74, 6) is 0.694. The zero-order valence-corrected chi connectivity index (χ0v) is 13.1. The molecule has 0 aromatic heterocycles. The van der Waals surface area contributed by atoms with Gasteiger partial charge in [0.1, 0.15) is 5.75 Å². The van der Waals surface area contributed by atoms with Crippen LogP contribution in [0.25, 0.3) is 0 Å². The molecular formula is C16H22ClNO3. The Hall–Kier alpha value is -1.26. The van der Waals surface area contributed by atoms with Crippen molar-refractivity contribution in [1.29, 1.82) is 0 Å². The van der Waals surface area contributed by atoms with Crippen molar-refractivity contribution in [3.8, 4) is 5.75 Å². The second-order valence-electron chi connectivity index (χ2n) is 5.41. The van der Waals surface area contributed by atoms with E-state index in [-0.39, 0.29) is 25.0 Å². The molecule has 1 aliphatic rings. The van der Waals surface area contributed by atoms with Crippen LogP contribution < -0.4 is 4.74 Å². The number of ether oxygens (including phenoxy) is 1. The number of aliphatic hydroxyl groups excluding tert-OH is 1. The summed E-state index contributed by atoms with van der Waals surface area (Å²) in [6.45, 7) is 0.741. The van der Waals surface area contributed by atoms with E-state index in [1.165, 1.54) is 0 Å². The fourth-order valence-electron chi connectivity index (χ4n) is 2.85. The molecule has 5 heteroatoms. The summed E-state index contributed by atoms with van der Waals surface area (Å²) in [5, 5.41) is 10.1. The molecule has 0 spiro atoms. The Balaban J connectivity index is 2.14. The van der Waals surface area contributed by atoms with Gasteiger partial charge in [-0.2, -0.15) is 0 Å². The molecule has 0 aliphatic carbocycles. The fraction of sp³-hybridized carbons (Fsp3) is 0.562. The van der Waals surface area contributed by atoms with E-state index in [0.717, 1.165) is 31.2 Å². The second-order valence-corrected chi connectivity index (χ2v) is 5.84. The molecule has 1 aliphatic heterocycles. The predicted molar refractivity (Wildman–Crippen MR) is 82.8 cm³/mol. The van der Waals surface area contributed by atoms with Crippen LogP contribution in [-0.4, -0.2) is 42.2 Å². The van der Waals surface area contributed by atoms with Gasteiger partial charge in [0.05, 0.1) is 26.2 Å². The SMILES string of the molecule is COc1ccc(Cl)cc1CC(=O)N1CCCCCC1CO. The molecule has 1 fully saturated rings. The Morgan fingerprint density at radius 1 is 1.43 bits per heavy atom. The van der Waals surface area contributed by atoms with Crippen LogP contribution in [0.15, 0.2) is 18.2 Å². The van der Waals surface area contributed by atoms with Gasteiger partial charge >= 0.3 is 0 Å². The summed E-state index contributed by atoms with van der Waals surface area (Å²) in [4.78, 5) is 14.4. The number of amides is 1. The summed E-state index contributed by atoms with van der Waals surface area (Å²) in [6.07, 6.45) is 4.29. The van der Waals surface area contributed by atoms with Gasteiger partial charge in [-0.1, -0.05) is 24.4 Å². The minimum Gasteiger partial charge on any atom is -0.496 e. The van der Waals surface area contributed by atoms with Crippen LogP contribution in [0.4, 0.5) is 0 Å². The van der Waals surface area contributed by atoms with Crippen molar-refractivity contribution in [2.45, 2.75) is 38.1 Å². The maximum atomic E-state index is 12.6. The fourth-order valence-corrected chi connectivity index (χ4v) is 3.04. The molecule has 1 amide bonds. The highest BCUT2D eigenvalue weighted by atomic mass is 35.5. The summed E-state index contributed by atoms with van der Waals surface area (Å²) in [6, 6.07) is 5.22. The van der Waals surface area contributed by atoms with Crippen molar-refractivity contribution < 1.29 is 14.6 Å². The molecule has 0 saturated carbocycles. The van der Waals surface area contributed by atoms with Gasteiger partial charge in [0.15, 0.2) is 0 Å². The smallest absolute Gasteiger partial charge is 0.227 e. The number of aliphatic hydroxyl groups is 1. The zero-order valence-electron chi connectivity index (χ0n) is 12.3. The van der Waals surface area contributed by atoms with Gasteiger partial charge in [-0.3, -0.25) is 4.79 Å². The van der Waals surface area contributed by atoms with E-state index in [0.29, 0.717) is 17.3 Å². The maximum Gasteiger partial charge on any atom is 0.227 e. The largest absolute Gasteiger partial charge is 0.496 e. The van der Waals surface area contributed by atoms with Gasteiger partial charge in [0.2, 0.25) is 5.91 Å². The molecule has 1 saturated heterocycles. The first-order valence-electron chi connectivity index (χ1n) is 7.38. The van der Waals surface area contributed by atoms with E-state index in [2.05, 4.69) is 0 Å². The number of rotatable bonds is 4. The summed E-state index contributed by atoms with van der Waals surface area (Å²) >= 11 is 6.00. The monoisotopic (exact) mass is 311 g/mol. The molecule has 1 heterocycles. The van der Waals surface area contributed by atoms with Gasteiger partial charge in [-0.25, -0.2) is 0 Å². The Morgan fingerprint density at radius 3 is 2.95 bits per heavy atom. The average Bonchev–Trinajstić information content (AvgIpc) is 2.72. The first-order chi connectivity index (χ1) is 10.2. The lowest BCUT2D eigenvalue weighted by atomic mass is 10.1. The van der Waals surface area contributed by atoms with Gasteiger partial charge in [0.25, 0.3) is 0 Å². The van der Waals surface area contributed by atoms with E-state index in [1.54, 1.807) is 25.3 Å². The molecule has 116 valence electrons. The van der Waals surface area contributed by atoms with Crippen LogP contribution in [-0.2, 0) is 11.2 Å². The topological polar surface area (TPSA) is 49.8 Å². The summed E-state index contributed by atoms with van der Waals surface area (Å²) in [7, 11) is 1.58. The Morgan fingerprint density at radius 2 is 2.24 bits per heavy atom. The highest BCUT2D eigenvalue weighted by Gasteiger charge is 2.25. The predicted octanol–water partition coefficient (Wildman–Crippen LogP) is 2.65. The highest BCUT2D eigenvalue weighted by Crippen LogP contribution is 2.25. The summed E-state index contributed by atoms with van der Waals surface area (Å²) < 4.78 is 5.29. The maximum absolute atomic E-state index is 12.6. The second kappa shape index (κ2) is 7.66. The van der Waals surface area contributed by atoms with Crippen molar-refractivity contribution in [1.82, 2.24) is 4.90 Å². The molecule has 0 bridgehead atoms. The number of methoxy groups -OCH3 is 1. The Bertz CT molecular complexity index is 492. The van der Waals surface area contributed by atoms with Crippen LogP contribution in [0.1, 0.15) is 31.2 Å². The van der Waals surface area contributed by atoms with Crippen LogP contribution >= 0.6 is 11.6 Å². The Kier molecular flexibility index (Phi) is 5.88. The third-order valence-electron chi connectivity index (χ3n) is 3.99. The molecule has 1 aromatic carbocycles. The van der Waals surface area contributed by atoms with Gasteiger partial charge in [0, 0.05) is 17.1 Å². The zero-order chi connectivity index (χ0) is 15.2. The molecule has 4 nitrogen and oxygen atoms in total. The highest BCUT2D eigenvalue weighted by molar-refractivity contribution is 6.30. The average molecular weight is 312 g/mol. The van der Waals surface area contributed by atoms with Gasteiger partial charge < -0.3 is 14.7 Å². The minimum absolute atomic E-state index is 0.0246. The number of halogens is 1. The number of benzene rings is 1. The number of hydrogen-bond donors (Lipinski definition) is 1. The van der Waals surface area contributed by atoms with Gasteiger partial charge in [-0.05, 0) is 31.0 Å². The Labute approximate surface area is 130 Å². The van der Waals surface area contributed by atoms with Crippen molar-refractivity contribution in [3.05, 3.63) is 28.8 Å². The lowest BCUT2D eigenvalue weighted by Crippen LogP contribution is -2.42. The molecule has 21 heavy (non-hydrogen) atoms. The number of likely N-dealkylation sites (tertiary alicyclic amines) is 1. The third-order valence-corrected chi connectivity index (χ3v) is 4.23. The standard InChI is InChI=1S/C16H22ClNO3/c1-21-15-7-6-13(17)9-12(15)10-16(20)18-8-4-2-3-5-14(18)11-19/h6-7,9,14,19H,2-5,8,10-11H2,1H3. The van der Waals surface area contributed by atoms with Crippen LogP contribution in [0.3, 0.4) is 0 Å². The molecule has 1 atom stereocenters. The molecule has 1 N–H and O–H groups in total. The molecule has 1 unspecified atom stereocenters. The quantitative estimate of drug-likeness (QED) is 0.930. The molecular weight excluding hydrogens is 290 g/mol. The third kappa shape index (κ3) is 4.11. The van der Waals surface area contributed by atoms with E-state index in [9.17, 15) is 9.90 Å². The van der Waals surface area contributed by atoms with E-state index in [1.807, 2.05) is 4.90 Å². The van der Waals surface area contributed by atoms with Gasteiger partial charge in [-0.15, -0.1) is 0 Å². The van der Waals surface area contributed by atoms with Crippen molar-refractivity contribution in [2.75, 3.05) is 20.3 Å². The van der Waals surface area contributed by atoms with E-state index < -0.39 is 0 Å².